The minimum absolute atomic E-state index is 0.0364. The van der Waals surface area contributed by atoms with Crippen LogP contribution in [0.5, 0.6) is 11.5 Å². The highest BCUT2D eigenvalue weighted by molar-refractivity contribution is 7.88. The lowest BCUT2D eigenvalue weighted by Crippen LogP contribution is -2.35. The molecule has 2 aromatic carbocycles. The van der Waals surface area contributed by atoms with E-state index in [1.165, 1.54) is 0 Å². The zero-order chi connectivity index (χ0) is 23.6. The Hall–Kier alpha value is -2.58. The summed E-state index contributed by atoms with van der Waals surface area (Å²) in [6, 6.07) is 14.9. The topological polar surface area (TPSA) is 84.9 Å². The Kier molecular flexibility index (Phi) is 6.95. The highest BCUT2D eigenvalue weighted by Crippen LogP contribution is 2.46. The molecule has 0 radical (unpaired) electrons. The number of benzene rings is 2. The first-order valence-electron chi connectivity index (χ1n) is 11.3. The van der Waals surface area contributed by atoms with Gasteiger partial charge in [0, 0.05) is 37.2 Å². The molecule has 1 saturated carbocycles. The molecule has 4 rings (SSSR count). The first kappa shape index (κ1) is 23.6. The average Bonchev–Trinajstić information content (AvgIpc) is 3.26. The number of likely N-dealkylation sites (tertiary alicyclic amines) is 1. The number of hydrogen-bond donors (Lipinski definition) is 1. The van der Waals surface area contributed by atoms with Crippen molar-refractivity contribution in [3.63, 3.8) is 0 Å². The largest absolute Gasteiger partial charge is 0.497 e. The zero-order valence-electron chi connectivity index (χ0n) is 19.4. The molecule has 0 bridgehead atoms. The third-order valence-corrected chi connectivity index (χ3v) is 8.41. The molecule has 2 aromatic rings. The van der Waals surface area contributed by atoms with Crippen LogP contribution in [0.2, 0.25) is 0 Å². The van der Waals surface area contributed by atoms with Gasteiger partial charge in [-0.25, -0.2) is 13.1 Å². The Labute approximate surface area is 196 Å². The fraction of sp³-hybridized carbons (Fsp3) is 0.480. The Morgan fingerprint density at radius 2 is 1.85 bits per heavy atom. The smallest absolute Gasteiger partial charge is 0.223 e. The molecule has 1 N–H and O–H groups in total. The van der Waals surface area contributed by atoms with Crippen LogP contribution >= 0.6 is 0 Å². The van der Waals surface area contributed by atoms with E-state index in [0.717, 1.165) is 17.5 Å². The maximum atomic E-state index is 12.9. The summed E-state index contributed by atoms with van der Waals surface area (Å²) in [5, 5.41) is 0. The van der Waals surface area contributed by atoms with Gasteiger partial charge in [-0.2, -0.15) is 0 Å². The summed E-state index contributed by atoms with van der Waals surface area (Å²) in [7, 11) is -0.221. The molecule has 33 heavy (non-hydrogen) atoms. The van der Waals surface area contributed by atoms with E-state index in [9.17, 15) is 13.2 Å². The molecule has 8 heteroatoms. The predicted octanol–water partition coefficient (Wildman–Crippen LogP) is 3.20. The molecule has 2 aliphatic rings. The van der Waals surface area contributed by atoms with Crippen molar-refractivity contribution in [3.8, 4) is 11.5 Å². The minimum atomic E-state index is -3.44. The van der Waals surface area contributed by atoms with Crippen molar-refractivity contribution in [1.29, 1.82) is 0 Å². The van der Waals surface area contributed by atoms with Crippen molar-refractivity contribution in [3.05, 3.63) is 59.7 Å². The lowest BCUT2D eigenvalue weighted by molar-refractivity contribution is -0.129. The molecule has 1 amide bonds. The maximum Gasteiger partial charge on any atom is 0.223 e. The second kappa shape index (κ2) is 9.73. The average molecular weight is 473 g/mol. The van der Waals surface area contributed by atoms with E-state index in [1.54, 1.807) is 14.2 Å². The fourth-order valence-corrected chi connectivity index (χ4v) is 6.56. The summed E-state index contributed by atoms with van der Waals surface area (Å²) >= 11 is 0. The van der Waals surface area contributed by atoms with Gasteiger partial charge in [-0.05, 0) is 41.9 Å². The minimum Gasteiger partial charge on any atom is -0.497 e. The number of carbonyl (C=O) groups excluding carboxylic acids is 1. The normalized spacial score (nSPS) is 24.7. The van der Waals surface area contributed by atoms with Crippen molar-refractivity contribution < 1.29 is 22.7 Å². The Morgan fingerprint density at radius 3 is 2.55 bits per heavy atom. The van der Waals surface area contributed by atoms with Gasteiger partial charge in [-0.1, -0.05) is 37.3 Å². The van der Waals surface area contributed by atoms with Crippen LogP contribution in [0.15, 0.2) is 48.5 Å². The molecule has 178 valence electrons. The summed E-state index contributed by atoms with van der Waals surface area (Å²) in [6.45, 7) is 3.00. The summed E-state index contributed by atoms with van der Waals surface area (Å²) in [5.74, 6) is 2.09. The van der Waals surface area contributed by atoms with Crippen molar-refractivity contribution in [2.24, 2.45) is 17.8 Å². The SMILES string of the molecule is COc1ccc(CN2C(=O)C[C@H]3[C@H](CNS(=O)(=O)Cc4ccccc4)[C@@H](C)C[C@H]32)c(OC)c1. The molecule has 0 unspecified atom stereocenters. The number of fused-ring (bicyclic) bond motifs is 1. The van der Waals surface area contributed by atoms with Crippen molar-refractivity contribution >= 4 is 15.9 Å². The third-order valence-electron chi connectivity index (χ3n) is 7.09. The number of ether oxygens (including phenoxy) is 2. The van der Waals surface area contributed by atoms with Crippen molar-refractivity contribution in [1.82, 2.24) is 9.62 Å². The molecule has 7 nitrogen and oxygen atoms in total. The second-order valence-electron chi connectivity index (χ2n) is 9.10. The zero-order valence-corrected chi connectivity index (χ0v) is 20.2. The summed E-state index contributed by atoms with van der Waals surface area (Å²) < 4.78 is 38.9. The third kappa shape index (κ3) is 5.17. The molecule has 1 heterocycles. The van der Waals surface area contributed by atoms with E-state index < -0.39 is 10.0 Å². The molecule has 0 spiro atoms. The molecule has 2 fully saturated rings. The van der Waals surface area contributed by atoms with Crippen LogP contribution in [0.4, 0.5) is 0 Å². The van der Waals surface area contributed by atoms with E-state index in [2.05, 4.69) is 11.6 Å². The number of sulfonamides is 1. The Balaban J connectivity index is 1.43. The van der Waals surface area contributed by atoms with Gasteiger partial charge in [0.2, 0.25) is 15.9 Å². The van der Waals surface area contributed by atoms with Gasteiger partial charge in [0.25, 0.3) is 0 Å². The van der Waals surface area contributed by atoms with E-state index >= 15 is 0 Å². The number of nitrogens with one attached hydrogen (secondary N) is 1. The summed E-state index contributed by atoms with van der Waals surface area (Å²) in [6.07, 6.45) is 1.33. The first-order chi connectivity index (χ1) is 15.8. The highest BCUT2D eigenvalue weighted by Gasteiger charge is 2.50. The van der Waals surface area contributed by atoms with Crippen LogP contribution in [0.3, 0.4) is 0 Å². The number of carbonyl (C=O) groups is 1. The fourth-order valence-electron chi connectivity index (χ4n) is 5.38. The Bertz CT molecular complexity index is 1090. The van der Waals surface area contributed by atoms with E-state index in [-0.39, 0.29) is 29.5 Å². The monoisotopic (exact) mass is 472 g/mol. The highest BCUT2D eigenvalue weighted by atomic mass is 32.2. The number of amides is 1. The molecule has 0 aromatic heterocycles. The van der Waals surface area contributed by atoms with E-state index in [0.29, 0.717) is 36.9 Å². The lowest BCUT2D eigenvalue weighted by atomic mass is 9.89. The molecule has 1 aliphatic heterocycles. The molecule has 1 aliphatic carbocycles. The van der Waals surface area contributed by atoms with Crippen LogP contribution in [-0.4, -0.2) is 46.0 Å². The number of methoxy groups -OCH3 is 2. The van der Waals surface area contributed by atoms with Crippen LogP contribution in [-0.2, 0) is 27.1 Å². The lowest BCUT2D eigenvalue weighted by Gasteiger charge is -2.25. The molecule has 4 atom stereocenters. The van der Waals surface area contributed by atoms with Crippen molar-refractivity contribution in [2.45, 2.75) is 38.1 Å². The van der Waals surface area contributed by atoms with Gasteiger partial charge in [0.1, 0.15) is 11.5 Å². The second-order valence-corrected chi connectivity index (χ2v) is 10.9. The standard InChI is InChI=1S/C25H32N2O5S/c1-17-11-23-21(22(17)14-26-33(29,30)16-18-7-5-4-6-8-18)13-25(28)27(23)15-19-9-10-20(31-2)12-24(19)32-3/h4-10,12,17,21-23,26H,11,13-16H2,1-3H3/t17-,21-,22+,23+/m0/s1. The van der Waals surface area contributed by atoms with E-state index in [1.807, 2.05) is 53.4 Å². The van der Waals surface area contributed by atoms with Gasteiger partial charge in [-0.3, -0.25) is 4.79 Å². The summed E-state index contributed by atoms with van der Waals surface area (Å²) in [5.41, 5.74) is 1.70. The molecule has 1 saturated heterocycles. The first-order valence-corrected chi connectivity index (χ1v) is 13.0. The summed E-state index contributed by atoms with van der Waals surface area (Å²) in [4.78, 5) is 14.9. The Morgan fingerprint density at radius 1 is 1.09 bits per heavy atom. The van der Waals surface area contributed by atoms with Crippen molar-refractivity contribution in [2.75, 3.05) is 20.8 Å². The van der Waals surface area contributed by atoms with Gasteiger partial charge < -0.3 is 14.4 Å². The van der Waals surface area contributed by atoms with Crippen LogP contribution in [0.1, 0.15) is 30.9 Å². The molecular weight excluding hydrogens is 440 g/mol. The van der Waals surface area contributed by atoms with Crippen LogP contribution in [0, 0.1) is 17.8 Å². The number of rotatable bonds is 9. The van der Waals surface area contributed by atoms with Gasteiger partial charge in [0.15, 0.2) is 0 Å². The van der Waals surface area contributed by atoms with Crippen LogP contribution in [0.25, 0.3) is 0 Å². The van der Waals surface area contributed by atoms with Gasteiger partial charge in [-0.15, -0.1) is 0 Å². The van der Waals surface area contributed by atoms with Gasteiger partial charge in [0.05, 0.1) is 20.0 Å². The predicted molar refractivity (Wildman–Crippen MR) is 126 cm³/mol. The van der Waals surface area contributed by atoms with Crippen LogP contribution < -0.4 is 14.2 Å². The maximum absolute atomic E-state index is 12.9. The number of hydrogen-bond acceptors (Lipinski definition) is 5. The number of nitrogens with zero attached hydrogens (tertiary/aromatic N) is 1. The molecular formula is C25H32N2O5S. The quantitative estimate of drug-likeness (QED) is 0.606. The van der Waals surface area contributed by atoms with E-state index in [4.69, 9.17) is 9.47 Å². The van der Waals surface area contributed by atoms with Gasteiger partial charge >= 0.3 is 0 Å².